The lowest BCUT2D eigenvalue weighted by molar-refractivity contribution is 0.150. The van der Waals surface area contributed by atoms with Crippen LogP contribution in [0.15, 0.2) is 30.3 Å². The molecule has 0 heterocycles. The van der Waals surface area contributed by atoms with Gasteiger partial charge < -0.3 is 16.0 Å². The third kappa shape index (κ3) is 3.47. The van der Waals surface area contributed by atoms with Gasteiger partial charge in [0.25, 0.3) is 0 Å². The Morgan fingerprint density at radius 3 is 2.68 bits per heavy atom. The molecular formula is C15H23N3O. The molecule has 2 atom stereocenters. The van der Waals surface area contributed by atoms with Crippen molar-refractivity contribution in [3.05, 3.63) is 30.3 Å². The summed E-state index contributed by atoms with van der Waals surface area (Å²) in [5, 5.41) is 2.93. The number of nitrogens with one attached hydrogen (secondary N) is 1. The minimum Gasteiger partial charge on any atom is -0.330 e. The zero-order chi connectivity index (χ0) is 13.7. The van der Waals surface area contributed by atoms with E-state index in [1.54, 1.807) is 0 Å². The lowest BCUT2D eigenvalue weighted by Gasteiger charge is -2.37. The van der Waals surface area contributed by atoms with Crippen LogP contribution in [-0.4, -0.2) is 30.6 Å². The Balaban J connectivity index is 1.98. The number of anilines is 1. The highest BCUT2D eigenvalue weighted by Crippen LogP contribution is 2.27. The Labute approximate surface area is 115 Å². The largest absolute Gasteiger partial charge is 0.330 e. The van der Waals surface area contributed by atoms with Gasteiger partial charge in [0.15, 0.2) is 0 Å². The zero-order valence-electron chi connectivity index (χ0n) is 11.5. The lowest BCUT2D eigenvalue weighted by Crippen LogP contribution is -2.47. The van der Waals surface area contributed by atoms with Crippen LogP contribution in [-0.2, 0) is 0 Å². The van der Waals surface area contributed by atoms with Crippen LogP contribution in [0.2, 0.25) is 0 Å². The zero-order valence-corrected chi connectivity index (χ0v) is 11.5. The van der Waals surface area contributed by atoms with Crippen molar-refractivity contribution in [1.29, 1.82) is 0 Å². The van der Waals surface area contributed by atoms with Gasteiger partial charge in [-0.3, -0.25) is 0 Å². The van der Waals surface area contributed by atoms with E-state index in [4.69, 9.17) is 5.73 Å². The molecule has 1 aliphatic rings. The molecule has 2 unspecified atom stereocenters. The second-order valence-electron chi connectivity index (χ2n) is 5.25. The Morgan fingerprint density at radius 2 is 2.00 bits per heavy atom. The molecule has 0 spiro atoms. The molecule has 1 aromatic rings. The van der Waals surface area contributed by atoms with Crippen LogP contribution in [0, 0.1) is 5.92 Å². The number of carbonyl (C=O) groups excluding carboxylic acids is 1. The maximum absolute atomic E-state index is 12.2. The van der Waals surface area contributed by atoms with Gasteiger partial charge in [0.1, 0.15) is 0 Å². The van der Waals surface area contributed by atoms with Gasteiger partial charge in [0.05, 0.1) is 0 Å². The van der Waals surface area contributed by atoms with Gasteiger partial charge in [-0.25, -0.2) is 4.79 Å². The number of urea groups is 1. The number of carbonyl (C=O) groups is 1. The molecule has 2 rings (SSSR count). The quantitative estimate of drug-likeness (QED) is 0.879. The Hall–Kier alpha value is -1.55. The number of hydrogen-bond donors (Lipinski definition) is 2. The summed E-state index contributed by atoms with van der Waals surface area (Å²) in [7, 11) is 1.87. The molecule has 2 amide bonds. The summed E-state index contributed by atoms with van der Waals surface area (Å²) >= 11 is 0. The van der Waals surface area contributed by atoms with E-state index >= 15 is 0 Å². The van der Waals surface area contributed by atoms with E-state index in [2.05, 4.69) is 5.32 Å². The number of nitrogens with two attached hydrogens (primary N) is 1. The highest BCUT2D eigenvalue weighted by molar-refractivity contribution is 5.89. The predicted molar refractivity (Wildman–Crippen MR) is 78.0 cm³/mol. The Bertz CT molecular complexity index is 407. The molecule has 0 saturated heterocycles. The molecular weight excluding hydrogens is 238 g/mol. The summed E-state index contributed by atoms with van der Waals surface area (Å²) in [6.07, 6.45) is 4.60. The van der Waals surface area contributed by atoms with E-state index < -0.39 is 0 Å². The molecule has 0 radical (unpaired) electrons. The fourth-order valence-electron chi connectivity index (χ4n) is 2.86. The van der Waals surface area contributed by atoms with Crippen LogP contribution in [0.5, 0.6) is 0 Å². The van der Waals surface area contributed by atoms with E-state index in [0.29, 0.717) is 12.5 Å². The third-order valence-electron chi connectivity index (χ3n) is 4.01. The number of para-hydroxylation sites is 1. The van der Waals surface area contributed by atoms with Crippen LogP contribution in [0.1, 0.15) is 25.7 Å². The highest BCUT2D eigenvalue weighted by atomic mass is 16.2. The second kappa shape index (κ2) is 6.57. The molecule has 4 nitrogen and oxygen atoms in total. The summed E-state index contributed by atoms with van der Waals surface area (Å²) in [5.41, 5.74) is 6.66. The molecule has 0 aromatic heterocycles. The third-order valence-corrected chi connectivity index (χ3v) is 4.01. The van der Waals surface area contributed by atoms with Crippen molar-refractivity contribution >= 4 is 11.7 Å². The minimum atomic E-state index is -0.0449. The predicted octanol–water partition coefficient (Wildman–Crippen LogP) is 2.67. The topological polar surface area (TPSA) is 58.4 Å². The van der Waals surface area contributed by atoms with Crippen molar-refractivity contribution < 1.29 is 4.79 Å². The summed E-state index contributed by atoms with van der Waals surface area (Å²) in [6.45, 7) is 0.660. The van der Waals surface area contributed by atoms with E-state index in [1.165, 1.54) is 12.8 Å². The first-order valence-electron chi connectivity index (χ1n) is 7.01. The molecule has 1 aromatic carbocycles. The minimum absolute atomic E-state index is 0.0449. The maximum Gasteiger partial charge on any atom is 0.321 e. The molecule has 4 heteroatoms. The van der Waals surface area contributed by atoms with Crippen LogP contribution in [0.3, 0.4) is 0 Å². The van der Waals surface area contributed by atoms with Crippen molar-refractivity contribution in [2.45, 2.75) is 31.7 Å². The smallest absolute Gasteiger partial charge is 0.321 e. The van der Waals surface area contributed by atoms with Gasteiger partial charge in [-0.2, -0.15) is 0 Å². The average Bonchev–Trinajstić information content (AvgIpc) is 2.47. The molecule has 1 saturated carbocycles. The number of amides is 2. The summed E-state index contributed by atoms with van der Waals surface area (Å²) in [6, 6.07) is 9.78. The van der Waals surface area contributed by atoms with Crippen LogP contribution < -0.4 is 11.1 Å². The fraction of sp³-hybridized carbons (Fsp3) is 0.533. The summed E-state index contributed by atoms with van der Waals surface area (Å²) < 4.78 is 0. The van der Waals surface area contributed by atoms with Crippen molar-refractivity contribution in [3.8, 4) is 0 Å². The molecule has 19 heavy (non-hydrogen) atoms. The van der Waals surface area contributed by atoms with E-state index in [1.807, 2.05) is 42.3 Å². The Morgan fingerprint density at radius 1 is 1.32 bits per heavy atom. The van der Waals surface area contributed by atoms with Gasteiger partial charge in [0.2, 0.25) is 0 Å². The first kappa shape index (κ1) is 13.9. The summed E-state index contributed by atoms with van der Waals surface area (Å²) in [5.74, 6) is 0.431. The Kier molecular flexibility index (Phi) is 4.80. The number of rotatable bonds is 3. The number of benzene rings is 1. The average molecular weight is 261 g/mol. The second-order valence-corrected chi connectivity index (χ2v) is 5.25. The SMILES string of the molecule is CN(C(=O)Nc1ccccc1)C1CCCCC1CN. The van der Waals surface area contributed by atoms with Crippen LogP contribution in [0.4, 0.5) is 10.5 Å². The highest BCUT2D eigenvalue weighted by Gasteiger charge is 2.29. The molecule has 104 valence electrons. The van der Waals surface area contributed by atoms with Crippen molar-refractivity contribution in [2.75, 3.05) is 18.9 Å². The molecule has 1 aliphatic carbocycles. The van der Waals surface area contributed by atoms with Crippen LogP contribution >= 0.6 is 0 Å². The van der Waals surface area contributed by atoms with E-state index in [9.17, 15) is 4.79 Å². The van der Waals surface area contributed by atoms with Crippen molar-refractivity contribution in [1.82, 2.24) is 4.90 Å². The fourth-order valence-corrected chi connectivity index (χ4v) is 2.86. The van der Waals surface area contributed by atoms with E-state index in [-0.39, 0.29) is 12.1 Å². The van der Waals surface area contributed by atoms with Crippen LogP contribution in [0.25, 0.3) is 0 Å². The first-order chi connectivity index (χ1) is 9.22. The molecule has 0 bridgehead atoms. The number of nitrogens with zero attached hydrogens (tertiary/aromatic N) is 1. The normalized spacial score (nSPS) is 22.8. The lowest BCUT2D eigenvalue weighted by atomic mass is 9.84. The van der Waals surface area contributed by atoms with Gasteiger partial charge in [-0.05, 0) is 37.4 Å². The van der Waals surface area contributed by atoms with Gasteiger partial charge in [-0.1, -0.05) is 31.0 Å². The van der Waals surface area contributed by atoms with Crippen molar-refractivity contribution in [2.24, 2.45) is 11.7 Å². The monoisotopic (exact) mass is 261 g/mol. The first-order valence-corrected chi connectivity index (χ1v) is 7.01. The van der Waals surface area contributed by atoms with Crippen molar-refractivity contribution in [3.63, 3.8) is 0 Å². The van der Waals surface area contributed by atoms with E-state index in [0.717, 1.165) is 18.5 Å². The number of hydrogen-bond acceptors (Lipinski definition) is 2. The maximum atomic E-state index is 12.2. The van der Waals surface area contributed by atoms with Gasteiger partial charge in [-0.15, -0.1) is 0 Å². The summed E-state index contributed by atoms with van der Waals surface area (Å²) in [4.78, 5) is 14.1. The molecule has 0 aliphatic heterocycles. The van der Waals surface area contributed by atoms with Gasteiger partial charge >= 0.3 is 6.03 Å². The standard InChI is InChI=1S/C15H23N3O/c1-18(14-10-6-5-7-12(14)11-16)15(19)17-13-8-3-2-4-9-13/h2-4,8-9,12,14H,5-7,10-11,16H2,1H3,(H,17,19). The molecule has 1 fully saturated rings. The van der Waals surface area contributed by atoms with Gasteiger partial charge in [0, 0.05) is 18.8 Å². The molecule has 3 N–H and O–H groups in total.